The lowest BCUT2D eigenvalue weighted by atomic mass is 10.3. The number of hydrogen-bond donors (Lipinski definition) is 1. The lowest BCUT2D eigenvalue weighted by Crippen LogP contribution is -2.33. The molecule has 15 heavy (non-hydrogen) atoms. The van der Waals surface area contributed by atoms with Crippen LogP contribution in [-0.4, -0.2) is 25.0 Å². The van der Waals surface area contributed by atoms with Gasteiger partial charge >= 0.3 is 0 Å². The van der Waals surface area contributed by atoms with Crippen molar-refractivity contribution in [3.8, 4) is 5.75 Å². The summed E-state index contributed by atoms with van der Waals surface area (Å²) in [6, 6.07) is 7.83. The van der Waals surface area contributed by atoms with Gasteiger partial charge in [-0.15, -0.1) is 0 Å². The van der Waals surface area contributed by atoms with E-state index in [2.05, 4.69) is 26.2 Å². The minimum absolute atomic E-state index is 0.0220. The van der Waals surface area contributed by atoms with Crippen LogP contribution in [0.2, 0.25) is 0 Å². The Balaban J connectivity index is 2.05. The molecule has 0 bridgehead atoms. The van der Waals surface area contributed by atoms with Crippen LogP contribution in [0.4, 0.5) is 0 Å². The van der Waals surface area contributed by atoms with Gasteiger partial charge in [-0.05, 0) is 35.0 Å². The molecule has 0 aliphatic carbocycles. The van der Waals surface area contributed by atoms with E-state index in [0.717, 1.165) is 29.1 Å². The van der Waals surface area contributed by atoms with E-state index in [9.17, 15) is 0 Å². The van der Waals surface area contributed by atoms with Crippen LogP contribution >= 0.6 is 15.9 Å². The lowest BCUT2D eigenvalue weighted by Gasteiger charge is -2.15. The molecule has 1 aromatic rings. The second-order valence-corrected chi connectivity index (χ2v) is 4.24. The first-order valence-corrected chi connectivity index (χ1v) is 5.76. The van der Waals surface area contributed by atoms with E-state index in [1.54, 1.807) is 0 Å². The molecule has 1 atom stereocenters. The van der Waals surface area contributed by atoms with Crippen LogP contribution in [-0.2, 0) is 0 Å². The first-order valence-electron chi connectivity index (χ1n) is 4.97. The average Bonchev–Trinajstić information content (AvgIpc) is 2.74. The molecule has 0 saturated carbocycles. The molecule has 0 radical (unpaired) electrons. The van der Waals surface area contributed by atoms with Gasteiger partial charge in [-0.1, -0.05) is 12.1 Å². The molecule has 0 spiro atoms. The van der Waals surface area contributed by atoms with Gasteiger partial charge in [0.25, 0.3) is 0 Å². The van der Waals surface area contributed by atoms with Gasteiger partial charge in [0.2, 0.25) is 0 Å². The fourth-order valence-electron chi connectivity index (χ4n) is 1.48. The maximum Gasteiger partial charge on any atom is 0.153 e. The third kappa shape index (κ3) is 2.50. The van der Waals surface area contributed by atoms with Crippen molar-refractivity contribution in [2.24, 2.45) is 4.99 Å². The zero-order valence-corrected chi connectivity index (χ0v) is 10.1. The Bertz CT molecular complexity index is 379. The highest BCUT2D eigenvalue weighted by Crippen LogP contribution is 2.24. The monoisotopic (exact) mass is 268 g/mol. The number of amidine groups is 1. The normalized spacial score (nSPS) is 16.8. The third-order valence-corrected chi connectivity index (χ3v) is 2.88. The molecule has 80 valence electrons. The Kier molecular flexibility index (Phi) is 3.26. The molecule has 4 heteroatoms. The van der Waals surface area contributed by atoms with Crippen LogP contribution in [0.15, 0.2) is 33.7 Å². The molecule has 1 unspecified atom stereocenters. The quantitative estimate of drug-likeness (QED) is 0.912. The van der Waals surface area contributed by atoms with Gasteiger partial charge in [-0.3, -0.25) is 4.99 Å². The predicted molar refractivity (Wildman–Crippen MR) is 64.5 cm³/mol. The highest BCUT2D eigenvalue weighted by Gasteiger charge is 2.15. The van der Waals surface area contributed by atoms with Crippen LogP contribution in [0, 0.1) is 0 Å². The summed E-state index contributed by atoms with van der Waals surface area (Å²) in [7, 11) is 0. The number of halogens is 1. The Hall–Kier alpha value is -1.03. The van der Waals surface area contributed by atoms with Crippen molar-refractivity contribution < 1.29 is 4.74 Å². The first-order chi connectivity index (χ1) is 7.27. The second kappa shape index (κ2) is 4.66. The highest BCUT2D eigenvalue weighted by atomic mass is 79.9. The number of para-hydroxylation sites is 1. The Morgan fingerprint density at radius 1 is 1.47 bits per heavy atom. The number of nitrogens with one attached hydrogen (secondary N) is 1. The fourth-order valence-corrected chi connectivity index (χ4v) is 1.85. The largest absolute Gasteiger partial charge is 0.482 e. The molecule has 1 aliphatic heterocycles. The van der Waals surface area contributed by atoms with E-state index < -0.39 is 0 Å². The van der Waals surface area contributed by atoms with E-state index in [1.807, 2.05) is 31.2 Å². The minimum Gasteiger partial charge on any atom is -0.482 e. The van der Waals surface area contributed by atoms with Crippen molar-refractivity contribution in [3.05, 3.63) is 28.7 Å². The van der Waals surface area contributed by atoms with Crippen molar-refractivity contribution in [2.75, 3.05) is 13.1 Å². The maximum atomic E-state index is 5.79. The lowest BCUT2D eigenvalue weighted by molar-refractivity contribution is 0.282. The van der Waals surface area contributed by atoms with Crippen molar-refractivity contribution in [2.45, 2.75) is 13.0 Å². The molecular weight excluding hydrogens is 256 g/mol. The summed E-state index contributed by atoms with van der Waals surface area (Å²) in [6.07, 6.45) is -0.0220. The molecule has 1 aromatic carbocycles. The van der Waals surface area contributed by atoms with Crippen LogP contribution in [0.3, 0.4) is 0 Å². The van der Waals surface area contributed by atoms with Gasteiger partial charge in [-0.2, -0.15) is 0 Å². The summed E-state index contributed by atoms with van der Waals surface area (Å²) in [4.78, 5) is 4.33. The fraction of sp³-hybridized carbons (Fsp3) is 0.364. The molecule has 3 nitrogen and oxygen atoms in total. The summed E-state index contributed by atoms with van der Waals surface area (Å²) in [5.41, 5.74) is 0. The van der Waals surface area contributed by atoms with Crippen LogP contribution in [0.1, 0.15) is 6.92 Å². The standard InChI is InChI=1S/C11H13BrN2O/c1-8(11-13-6-7-14-11)15-10-5-3-2-4-9(10)12/h2-5,8H,6-7H2,1H3,(H,13,14). The molecule has 0 fully saturated rings. The van der Waals surface area contributed by atoms with Crippen molar-refractivity contribution in [1.29, 1.82) is 0 Å². The Labute approximate surface area is 97.7 Å². The Morgan fingerprint density at radius 3 is 2.93 bits per heavy atom. The number of ether oxygens (including phenoxy) is 1. The minimum atomic E-state index is -0.0220. The van der Waals surface area contributed by atoms with Gasteiger partial charge in [0.1, 0.15) is 11.6 Å². The summed E-state index contributed by atoms with van der Waals surface area (Å²) in [5, 5.41) is 3.21. The van der Waals surface area contributed by atoms with Crippen molar-refractivity contribution >= 4 is 21.8 Å². The van der Waals surface area contributed by atoms with E-state index >= 15 is 0 Å². The molecule has 2 rings (SSSR count). The summed E-state index contributed by atoms with van der Waals surface area (Å²) in [6.45, 7) is 3.76. The van der Waals surface area contributed by atoms with Gasteiger partial charge in [-0.25, -0.2) is 0 Å². The van der Waals surface area contributed by atoms with E-state index in [-0.39, 0.29) is 6.10 Å². The number of hydrogen-bond acceptors (Lipinski definition) is 3. The molecule has 0 saturated heterocycles. The maximum absolute atomic E-state index is 5.79. The van der Waals surface area contributed by atoms with E-state index in [4.69, 9.17) is 4.74 Å². The summed E-state index contributed by atoms with van der Waals surface area (Å²) >= 11 is 3.45. The van der Waals surface area contributed by atoms with Gasteiger partial charge in [0.05, 0.1) is 11.0 Å². The van der Waals surface area contributed by atoms with Crippen molar-refractivity contribution in [1.82, 2.24) is 5.32 Å². The number of rotatable bonds is 3. The molecule has 1 heterocycles. The highest BCUT2D eigenvalue weighted by molar-refractivity contribution is 9.10. The first kappa shape index (κ1) is 10.5. The average molecular weight is 269 g/mol. The number of aliphatic imine (C=N–C) groups is 1. The smallest absolute Gasteiger partial charge is 0.153 e. The van der Waals surface area contributed by atoms with Crippen molar-refractivity contribution in [3.63, 3.8) is 0 Å². The summed E-state index contributed by atoms with van der Waals surface area (Å²) in [5.74, 6) is 1.78. The van der Waals surface area contributed by atoms with E-state index in [0.29, 0.717) is 0 Å². The van der Waals surface area contributed by atoms with Crippen LogP contribution < -0.4 is 10.1 Å². The third-order valence-electron chi connectivity index (χ3n) is 2.23. The van der Waals surface area contributed by atoms with Gasteiger partial charge in [0.15, 0.2) is 6.10 Å². The topological polar surface area (TPSA) is 33.6 Å². The molecular formula is C11H13BrN2O. The van der Waals surface area contributed by atoms with Gasteiger partial charge < -0.3 is 10.1 Å². The second-order valence-electron chi connectivity index (χ2n) is 3.38. The molecule has 1 N–H and O–H groups in total. The molecule has 0 aromatic heterocycles. The number of benzene rings is 1. The van der Waals surface area contributed by atoms with Crippen LogP contribution in [0.5, 0.6) is 5.75 Å². The number of nitrogens with zero attached hydrogens (tertiary/aromatic N) is 1. The SMILES string of the molecule is CC(Oc1ccccc1Br)C1=NCCN1. The molecule has 1 aliphatic rings. The van der Waals surface area contributed by atoms with Crippen LogP contribution in [0.25, 0.3) is 0 Å². The van der Waals surface area contributed by atoms with Gasteiger partial charge in [0, 0.05) is 6.54 Å². The Morgan fingerprint density at radius 2 is 2.27 bits per heavy atom. The van der Waals surface area contributed by atoms with E-state index in [1.165, 1.54) is 0 Å². The summed E-state index contributed by atoms with van der Waals surface area (Å²) < 4.78 is 6.76. The molecule has 0 amide bonds. The predicted octanol–water partition coefficient (Wildman–Crippen LogP) is 2.22. The zero-order chi connectivity index (χ0) is 10.7. The zero-order valence-electron chi connectivity index (χ0n) is 8.53.